The molecule has 0 saturated carbocycles. The van der Waals surface area contributed by atoms with Crippen molar-refractivity contribution in [2.75, 3.05) is 5.73 Å². The summed E-state index contributed by atoms with van der Waals surface area (Å²) in [6.45, 7) is 4.06. The maximum atomic E-state index is 13.2. The van der Waals surface area contributed by atoms with Crippen molar-refractivity contribution in [3.63, 3.8) is 0 Å². The summed E-state index contributed by atoms with van der Waals surface area (Å²) in [5, 5.41) is 4.10. The minimum absolute atomic E-state index is 0.238. The molecule has 3 nitrogen and oxygen atoms in total. The fraction of sp³-hybridized carbons (Fsp3) is 0.133. The molecular formula is C15H12ClFN2OS. The molecule has 0 fully saturated rings. The van der Waals surface area contributed by atoms with E-state index in [2.05, 4.69) is 5.16 Å². The molecule has 0 bridgehead atoms. The molecule has 0 atom stereocenters. The van der Waals surface area contributed by atoms with Gasteiger partial charge in [-0.2, -0.15) is 0 Å². The SMILES string of the molecule is Cc1cc(-c2onc(N)c2-c2ccc(F)cc2Cl)sc1C. The highest BCUT2D eigenvalue weighted by molar-refractivity contribution is 7.15. The van der Waals surface area contributed by atoms with Crippen molar-refractivity contribution in [3.05, 3.63) is 45.5 Å². The van der Waals surface area contributed by atoms with Crippen molar-refractivity contribution in [2.45, 2.75) is 13.8 Å². The van der Waals surface area contributed by atoms with Crippen molar-refractivity contribution in [3.8, 4) is 21.8 Å². The van der Waals surface area contributed by atoms with Crippen LogP contribution in [-0.4, -0.2) is 5.16 Å². The number of halogens is 2. The van der Waals surface area contributed by atoms with Gasteiger partial charge in [0, 0.05) is 10.4 Å². The van der Waals surface area contributed by atoms with Gasteiger partial charge in [0.05, 0.1) is 15.5 Å². The van der Waals surface area contributed by atoms with Crippen LogP contribution in [0.25, 0.3) is 21.8 Å². The number of rotatable bonds is 2. The molecule has 21 heavy (non-hydrogen) atoms. The van der Waals surface area contributed by atoms with Crippen molar-refractivity contribution in [2.24, 2.45) is 0 Å². The highest BCUT2D eigenvalue weighted by Gasteiger charge is 2.21. The predicted molar refractivity (Wildman–Crippen MR) is 84.1 cm³/mol. The molecule has 2 aromatic heterocycles. The lowest BCUT2D eigenvalue weighted by atomic mass is 10.0. The van der Waals surface area contributed by atoms with Gasteiger partial charge in [0.1, 0.15) is 5.82 Å². The lowest BCUT2D eigenvalue weighted by molar-refractivity contribution is 0.437. The normalized spacial score (nSPS) is 11.0. The van der Waals surface area contributed by atoms with Crippen LogP contribution in [0.4, 0.5) is 10.2 Å². The third kappa shape index (κ3) is 2.43. The zero-order valence-electron chi connectivity index (χ0n) is 11.4. The Balaban J connectivity index is 2.21. The Morgan fingerprint density at radius 2 is 2.05 bits per heavy atom. The highest BCUT2D eigenvalue weighted by atomic mass is 35.5. The summed E-state index contributed by atoms with van der Waals surface area (Å²) in [5.41, 5.74) is 8.28. The second-order valence-corrected chi connectivity index (χ2v) is 6.41. The first-order chi connectivity index (χ1) is 9.97. The fourth-order valence-electron chi connectivity index (χ4n) is 2.11. The molecule has 0 aliphatic carbocycles. The van der Waals surface area contributed by atoms with Gasteiger partial charge < -0.3 is 10.3 Å². The Morgan fingerprint density at radius 3 is 2.67 bits per heavy atom. The third-order valence-corrected chi connectivity index (χ3v) is 4.77. The Kier molecular flexibility index (Phi) is 3.47. The lowest BCUT2D eigenvalue weighted by Crippen LogP contribution is -1.90. The zero-order chi connectivity index (χ0) is 15.1. The monoisotopic (exact) mass is 322 g/mol. The van der Waals surface area contributed by atoms with Gasteiger partial charge in [0.2, 0.25) is 0 Å². The molecule has 0 saturated heterocycles. The largest absolute Gasteiger partial charge is 0.380 e. The zero-order valence-corrected chi connectivity index (χ0v) is 13.0. The predicted octanol–water partition coefficient (Wildman–Crippen LogP) is 5.06. The van der Waals surface area contributed by atoms with Crippen LogP contribution in [0.2, 0.25) is 5.02 Å². The molecule has 0 radical (unpaired) electrons. The molecule has 0 amide bonds. The van der Waals surface area contributed by atoms with Gasteiger partial charge in [0.15, 0.2) is 11.6 Å². The first-order valence-corrected chi connectivity index (χ1v) is 7.45. The Morgan fingerprint density at radius 1 is 1.29 bits per heavy atom. The van der Waals surface area contributed by atoms with Gasteiger partial charge in [-0.1, -0.05) is 16.8 Å². The smallest absolute Gasteiger partial charge is 0.186 e. The summed E-state index contributed by atoms with van der Waals surface area (Å²) in [6, 6.07) is 6.18. The molecule has 0 unspecified atom stereocenters. The Bertz CT molecular complexity index is 806. The minimum Gasteiger partial charge on any atom is -0.380 e. The van der Waals surface area contributed by atoms with E-state index >= 15 is 0 Å². The van der Waals surface area contributed by atoms with Crippen molar-refractivity contribution >= 4 is 28.8 Å². The first kappa shape index (κ1) is 14.1. The molecule has 2 heterocycles. The van der Waals surface area contributed by atoms with E-state index in [0.29, 0.717) is 16.9 Å². The second kappa shape index (κ2) is 5.16. The van der Waals surface area contributed by atoms with Crippen molar-refractivity contribution in [1.29, 1.82) is 0 Å². The molecule has 6 heteroatoms. The van der Waals surface area contributed by atoms with Gasteiger partial charge in [-0.05, 0) is 43.7 Å². The highest BCUT2D eigenvalue weighted by Crippen LogP contribution is 2.42. The van der Waals surface area contributed by atoms with Crippen molar-refractivity contribution < 1.29 is 8.91 Å². The number of hydrogen-bond donors (Lipinski definition) is 1. The van der Waals surface area contributed by atoms with Gasteiger partial charge in [0.25, 0.3) is 0 Å². The molecule has 3 rings (SSSR count). The van der Waals surface area contributed by atoms with E-state index in [4.69, 9.17) is 21.9 Å². The molecule has 0 aliphatic rings. The summed E-state index contributed by atoms with van der Waals surface area (Å²) in [4.78, 5) is 2.11. The van der Waals surface area contributed by atoms with E-state index in [0.717, 1.165) is 4.88 Å². The van der Waals surface area contributed by atoms with Crippen LogP contribution < -0.4 is 5.73 Å². The van der Waals surface area contributed by atoms with Crippen LogP contribution in [0.5, 0.6) is 0 Å². The maximum absolute atomic E-state index is 13.2. The molecule has 3 aromatic rings. The number of anilines is 1. The number of aryl methyl sites for hydroxylation is 2. The maximum Gasteiger partial charge on any atom is 0.186 e. The number of nitrogen functional groups attached to an aromatic ring is 1. The van der Waals surface area contributed by atoms with Crippen LogP contribution in [0, 0.1) is 19.7 Å². The van der Waals surface area contributed by atoms with E-state index in [1.54, 1.807) is 17.4 Å². The van der Waals surface area contributed by atoms with Crippen LogP contribution in [-0.2, 0) is 0 Å². The van der Waals surface area contributed by atoms with Crippen LogP contribution in [0.1, 0.15) is 10.4 Å². The number of benzene rings is 1. The number of nitrogens with zero attached hydrogens (tertiary/aromatic N) is 1. The molecule has 0 aliphatic heterocycles. The van der Waals surface area contributed by atoms with Crippen LogP contribution >= 0.6 is 22.9 Å². The van der Waals surface area contributed by atoms with Crippen molar-refractivity contribution in [1.82, 2.24) is 5.16 Å². The molecule has 108 valence electrons. The number of hydrogen-bond acceptors (Lipinski definition) is 4. The Labute approximate surface area is 130 Å². The summed E-state index contributed by atoms with van der Waals surface area (Å²) in [5.74, 6) is 0.396. The lowest BCUT2D eigenvalue weighted by Gasteiger charge is -2.04. The minimum atomic E-state index is -0.400. The van der Waals surface area contributed by atoms with Crippen LogP contribution in [0.15, 0.2) is 28.8 Å². The van der Waals surface area contributed by atoms with E-state index in [9.17, 15) is 4.39 Å². The average Bonchev–Trinajstić information content (AvgIpc) is 2.94. The fourth-order valence-corrected chi connectivity index (χ4v) is 3.39. The van der Waals surface area contributed by atoms with E-state index in [1.807, 2.05) is 19.9 Å². The summed E-state index contributed by atoms with van der Waals surface area (Å²) < 4.78 is 18.6. The second-order valence-electron chi connectivity index (χ2n) is 4.75. The molecule has 1 aromatic carbocycles. The summed E-state index contributed by atoms with van der Waals surface area (Å²) >= 11 is 7.72. The standard InChI is InChI=1S/C15H12ClFN2OS/c1-7-5-12(21-8(7)2)14-13(15(18)19-20-14)10-4-3-9(17)6-11(10)16/h3-6H,1-2H3,(H2,18,19). The quantitative estimate of drug-likeness (QED) is 0.717. The number of thiophene rings is 1. The van der Waals surface area contributed by atoms with Gasteiger partial charge >= 0.3 is 0 Å². The summed E-state index contributed by atoms with van der Waals surface area (Å²) in [7, 11) is 0. The van der Waals surface area contributed by atoms with E-state index in [-0.39, 0.29) is 10.8 Å². The van der Waals surface area contributed by atoms with Gasteiger partial charge in [-0.3, -0.25) is 0 Å². The molecule has 0 spiro atoms. The molecular weight excluding hydrogens is 311 g/mol. The molecule has 2 N–H and O–H groups in total. The number of aromatic nitrogens is 1. The number of nitrogens with two attached hydrogens (primary N) is 1. The van der Waals surface area contributed by atoms with E-state index in [1.165, 1.54) is 22.6 Å². The first-order valence-electron chi connectivity index (χ1n) is 6.25. The average molecular weight is 323 g/mol. The Hall–Kier alpha value is -1.85. The topological polar surface area (TPSA) is 52.0 Å². The third-order valence-electron chi connectivity index (χ3n) is 3.31. The van der Waals surface area contributed by atoms with E-state index < -0.39 is 5.82 Å². The van der Waals surface area contributed by atoms with Gasteiger partial charge in [-0.15, -0.1) is 11.3 Å². The van der Waals surface area contributed by atoms with Gasteiger partial charge in [-0.25, -0.2) is 4.39 Å². The van der Waals surface area contributed by atoms with Crippen LogP contribution in [0.3, 0.4) is 0 Å². The summed E-state index contributed by atoms with van der Waals surface area (Å²) in [6.07, 6.45) is 0.